The van der Waals surface area contributed by atoms with Gasteiger partial charge in [-0.1, -0.05) is 5.16 Å². The van der Waals surface area contributed by atoms with Gasteiger partial charge in [0.05, 0.1) is 4.88 Å². The average Bonchev–Trinajstić information content (AvgIpc) is 3.12. The van der Waals surface area contributed by atoms with Gasteiger partial charge in [0, 0.05) is 31.1 Å². The minimum atomic E-state index is -3.65. The Morgan fingerprint density at radius 3 is 2.33 bits per heavy atom. The minimum absolute atomic E-state index is 0.0394. The predicted octanol–water partition coefficient (Wildman–Crippen LogP) is 1.81. The molecule has 0 saturated carbocycles. The van der Waals surface area contributed by atoms with E-state index < -0.39 is 10.0 Å². The van der Waals surface area contributed by atoms with Crippen LogP contribution in [0.4, 0.5) is 0 Å². The Bertz CT molecular complexity index is 842. The molecule has 1 amide bonds. The summed E-state index contributed by atoms with van der Waals surface area (Å²) in [6.45, 7) is 6.44. The van der Waals surface area contributed by atoms with E-state index in [0.29, 0.717) is 29.4 Å². The first-order valence-corrected chi connectivity index (χ1v) is 9.85. The number of nitrogens with zero attached hydrogens (tertiary/aromatic N) is 3. The van der Waals surface area contributed by atoms with Gasteiger partial charge in [0.15, 0.2) is 5.76 Å². The number of aryl methyl sites for hydroxylation is 3. The second-order valence-electron chi connectivity index (χ2n) is 5.76. The second-order valence-corrected chi connectivity index (χ2v) is 8.92. The van der Waals surface area contributed by atoms with Gasteiger partial charge in [-0.2, -0.15) is 4.31 Å². The number of sulfonamides is 1. The Morgan fingerprint density at radius 1 is 1.17 bits per heavy atom. The first kappa shape index (κ1) is 17.1. The summed E-state index contributed by atoms with van der Waals surface area (Å²) in [6, 6.07) is 3.73. The number of carbonyl (C=O) groups is 1. The number of hydrogen-bond donors (Lipinski definition) is 0. The molecule has 0 atom stereocenters. The molecule has 0 N–H and O–H groups in total. The Balaban J connectivity index is 1.72. The Kier molecular flexibility index (Phi) is 4.50. The summed E-state index contributed by atoms with van der Waals surface area (Å²) in [4.78, 5) is 16.1. The van der Waals surface area contributed by atoms with Crippen LogP contribution in [0.1, 0.15) is 26.0 Å². The molecule has 0 aliphatic carbocycles. The summed E-state index contributed by atoms with van der Waals surface area (Å²) in [7, 11) is -3.65. The van der Waals surface area contributed by atoms with Crippen LogP contribution in [0.15, 0.2) is 21.6 Å². The third-order valence-electron chi connectivity index (χ3n) is 4.04. The molecule has 1 fully saturated rings. The van der Waals surface area contributed by atoms with Crippen molar-refractivity contribution >= 4 is 27.3 Å². The summed E-state index contributed by atoms with van der Waals surface area (Å²) >= 11 is 1.45. The quantitative estimate of drug-likeness (QED) is 0.824. The van der Waals surface area contributed by atoms with Crippen LogP contribution in [0.5, 0.6) is 0 Å². The predicted molar refractivity (Wildman–Crippen MR) is 89.7 cm³/mol. The van der Waals surface area contributed by atoms with E-state index >= 15 is 0 Å². The van der Waals surface area contributed by atoms with Crippen molar-refractivity contribution in [2.24, 2.45) is 0 Å². The van der Waals surface area contributed by atoms with Crippen LogP contribution in [-0.2, 0) is 10.0 Å². The highest BCUT2D eigenvalue weighted by Gasteiger charge is 2.34. The fourth-order valence-corrected chi connectivity index (χ4v) is 5.36. The van der Waals surface area contributed by atoms with Crippen LogP contribution in [0.2, 0.25) is 0 Å². The van der Waals surface area contributed by atoms with Gasteiger partial charge in [0.25, 0.3) is 5.91 Å². The van der Waals surface area contributed by atoms with E-state index in [4.69, 9.17) is 4.52 Å². The van der Waals surface area contributed by atoms with E-state index in [1.165, 1.54) is 15.6 Å². The van der Waals surface area contributed by atoms with E-state index in [9.17, 15) is 13.2 Å². The van der Waals surface area contributed by atoms with Gasteiger partial charge >= 0.3 is 0 Å². The van der Waals surface area contributed by atoms with Crippen molar-refractivity contribution in [2.75, 3.05) is 26.2 Å². The minimum Gasteiger partial charge on any atom is -0.360 e. The summed E-state index contributed by atoms with van der Waals surface area (Å²) in [5, 5.41) is 3.72. The number of hydrogen-bond acceptors (Lipinski definition) is 6. The molecule has 24 heavy (non-hydrogen) atoms. The molecule has 0 spiro atoms. The van der Waals surface area contributed by atoms with Crippen molar-refractivity contribution in [1.29, 1.82) is 0 Å². The molecule has 1 aliphatic heterocycles. The topological polar surface area (TPSA) is 83.7 Å². The first-order valence-electron chi connectivity index (χ1n) is 7.59. The molecule has 9 heteroatoms. The number of aromatic nitrogens is 1. The third kappa shape index (κ3) is 2.99. The summed E-state index contributed by atoms with van der Waals surface area (Å²) in [5.74, 6) is 0.252. The molecular weight excluding hydrogens is 350 g/mol. The van der Waals surface area contributed by atoms with Gasteiger partial charge in [-0.25, -0.2) is 8.42 Å². The van der Waals surface area contributed by atoms with Crippen LogP contribution >= 0.6 is 11.3 Å². The third-order valence-corrected chi connectivity index (χ3v) is 7.18. The second kappa shape index (κ2) is 6.30. The molecule has 0 aromatic carbocycles. The molecule has 0 unspecified atom stereocenters. The molecule has 1 aliphatic rings. The lowest BCUT2D eigenvalue weighted by atomic mass is 10.3. The highest BCUT2D eigenvalue weighted by Crippen LogP contribution is 2.25. The van der Waals surface area contributed by atoms with Crippen molar-refractivity contribution in [3.8, 4) is 0 Å². The average molecular weight is 369 g/mol. The standard InChI is InChI=1S/C15H19N3O4S2/c1-10-4-5-13(23-10)15(19)17-6-8-18(9-7-17)24(20,21)14-11(2)16-22-12(14)3/h4-5H,6-9H2,1-3H3. The van der Waals surface area contributed by atoms with Gasteiger partial charge < -0.3 is 9.42 Å². The van der Waals surface area contributed by atoms with Gasteiger partial charge in [-0.05, 0) is 32.9 Å². The van der Waals surface area contributed by atoms with Crippen molar-refractivity contribution < 1.29 is 17.7 Å². The molecule has 2 aromatic heterocycles. The summed E-state index contributed by atoms with van der Waals surface area (Å²) in [6.07, 6.45) is 0. The maximum absolute atomic E-state index is 12.8. The molecule has 0 bridgehead atoms. The van der Waals surface area contributed by atoms with E-state index in [-0.39, 0.29) is 23.9 Å². The molecular formula is C15H19N3O4S2. The Morgan fingerprint density at radius 2 is 1.83 bits per heavy atom. The Hall–Kier alpha value is -1.71. The zero-order valence-electron chi connectivity index (χ0n) is 13.8. The molecule has 7 nitrogen and oxygen atoms in total. The fraction of sp³-hybridized carbons (Fsp3) is 0.467. The van der Waals surface area contributed by atoms with E-state index in [1.807, 2.05) is 19.1 Å². The smallest absolute Gasteiger partial charge is 0.264 e. The van der Waals surface area contributed by atoms with Gasteiger partial charge in [0.2, 0.25) is 10.0 Å². The summed E-state index contributed by atoms with van der Waals surface area (Å²) < 4.78 is 31.9. The number of thiophene rings is 1. The fourth-order valence-electron chi connectivity index (χ4n) is 2.81. The van der Waals surface area contributed by atoms with E-state index in [2.05, 4.69) is 5.16 Å². The monoisotopic (exact) mass is 369 g/mol. The zero-order valence-corrected chi connectivity index (χ0v) is 15.4. The first-order chi connectivity index (χ1) is 11.3. The van der Waals surface area contributed by atoms with Crippen molar-refractivity contribution in [3.05, 3.63) is 33.3 Å². The van der Waals surface area contributed by atoms with Crippen LogP contribution in [0.3, 0.4) is 0 Å². The maximum atomic E-state index is 12.8. The van der Waals surface area contributed by atoms with Gasteiger partial charge in [0.1, 0.15) is 10.6 Å². The van der Waals surface area contributed by atoms with E-state index in [1.54, 1.807) is 18.7 Å². The van der Waals surface area contributed by atoms with E-state index in [0.717, 1.165) is 4.88 Å². The van der Waals surface area contributed by atoms with Crippen LogP contribution < -0.4 is 0 Å². The van der Waals surface area contributed by atoms with Crippen molar-refractivity contribution in [3.63, 3.8) is 0 Å². The number of rotatable bonds is 3. The molecule has 0 radical (unpaired) electrons. The number of amides is 1. The lowest BCUT2D eigenvalue weighted by molar-refractivity contribution is 0.0702. The molecule has 3 heterocycles. The van der Waals surface area contributed by atoms with Crippen LogP contribution in [0, 0.1) is 20.8 Å². The van der Waals surface area contributed by atoms with Gasteiger partial charge in [-0.3, -0.25) is 4.79 Å². The van der Waals surface area contributed by atoms with Gasteiger partial charge in [-0.15, -0.1) is 11.3 Å². The molecule has 1 saturated heterocycles. The summed E-state index contributed by atoms with van der Waals surface area (Å²) in [5.41, 5.74) is 0.361. The largest absolute Gasteiger partial charge is 0.360 e. The normalized spacial score (nSPS) is 16.5. The number of carbonyl (C=O) groups excluding carboxylic acids is 1. The van der Waals surface area contributed by atoms with Crippen molar-refractivity contribution in [2.45, 2.75) is 25.7 Å². The highest BCUT2D eigenvalue weighted by molar-refractivity contribution is 7.89. The van der Waals surface area contributed by atoms with Crippen LogP contribution in [0.25, 0.3) is 0 Å². The molecule has 3 rings (SSSR count). The SMILES string of the molecule is Cc1ccc(C(=O)N2CCN(S(=O)(=O)c3c(C)noc3C)CC2)s1. The van der Waals surface area contributed by atoms with Crippen molar-refractivity contribution in [1.82, 2.24) is 14.4 Å². The lowest BCUT2D eigenvalue weighted by Crippen LogP contribution is -2.50. The maximum Gasteiger partial charge on any atom is 0.264 e. The number of piperazine rings is 1. The highest BCUT2D eigenvalue weighted by atomic mass is 32.2. The Labute approximate surface area is 144 Å². The zero-order chi connectivity index (χ0) is 17.5. The molecule has 130 valence electrons. The molecule has 2 aromatic rings. The lowest BCUT2D eigenvalue weighted by Gasteiger charge is -2.33. The van der Waals surface area contributed by atoms with Crippen LogP contribution in [-0.4, -0.2) is 54.9 Å².